The molecule has 6 nitrogen and oxygen atoms in total. The number of nitrogens with one attached hydrogen (secondary N) is 1. The molecule has 0 amide bonds. The van der Waals surface area contributed by atoms with Crippen molar-refractivity contribution in [2.45, 2.75) is 13.8 Å². The Bertz CT molecular complexity index is 953. The van der Waals surface area contributed by atoms with Crippen LogP contribution in [0.4, 0.5) is 5.82 Å². The predicted molar refractivity (Wildman–Crippen MR) is 94.0 cm³/mol. The summed E-state index contributed by atoms with van der Waals surface area (Å²) in [6, 6.07) is 6.99. The Labute approximate surface area is 148 Å². The van der Waals surface area contributed by atoms with Gasteiger partial charge in [0, 0.05) is 22.3 Å². The lowest BCUT2D eigenvalue weighted by atomic mass is 10.1. The Morgan fingerprint density at radius 3 is 2.71 bits per heavy atom. The van der Waals surface area contributed by atoms with Crippen LogP contribution < -0.4 is 5.32 Å². The van der Waals surface area contributed by atoms with E-state index < -0.39 is 5.97 Å². The molecule has 0 aliphatic heterocycles. The largest absolute Gasteiger partial charge is 0.480 e. The molecule has 0 unspecified atom stereocenters. The lowest BCUT2D eigenvalue weighted by Crippen LogP contribution is -2.15. The molecule has 0 bridgehead atoms. The third-order valence-corrected chi connectivity index (χ3v) is 4.06. The first-order chi connectivity index (χ1) is 11.4. The van der Waals surface area contributed by atoms with Crippen LogP contribution in [0.15, 0.2) is 24.3 Å². The molecular weight excluding hydrogens is 351 g/mol. The second-order valence-electron chi connectivity index (χ2n) is 5.35. The van der Waals surface area contributed by atoms with Crippen molar-refractivity contribution < 1.29 is 9.90 Å². The van der Waals surface area contributed by atoms with Gasteiger partial charge in [0.2, 0.25) is 0 Å². The maximum absolute atomic E-state index is 10.8. The molecule has 0 fully saturated rings. The zero-order valence-electron chi connectivity index (χ0n) is 13.0. The molecule has 124 valence electrons. The van der Waals surface area contributed by atoms with Gasteiger partial charge in [-0.3, -0.25) is 4.79 Å². The number of rotatable bonds is 4. The number of carboxylic acids is 1. The van der Waals surface area contributed by atoms with Gasteiger partial charge in [-0.15, -0.1) is 0 Å². The molecule has 24 heavy (non-hydrogen) atoms. The van der Waals surface area contributed by atoms with Crippen molar-refractivity contribution in [3.8, 4) is 11.1 Å². The number of hydrogen-bond donors (Lipinski definition) is 2. The second kappa shape index (κ2) is 6.30. The van der Waals surface area contributed by atoms with Gasteiger partial charge in [0.25, 0.3) is 0 Å². The van der Waals surface area contributed by atoms with E-state index in [-0.39, 0.29) is 6.54 Å². The Morgan fingerprint density at radius 1 is 1.29 bits per heavy atom. The topological polar surface area (TPSA) is 79.5 Å². The molecule has 8 heteroatoms. The molecule has 1 aromatic carbocycles. The van der Waals surface area contributed by atoms with E-state index in [1.165, 1.54) is 0 Å². The Kier molecular flexibility index (Phi) is 4.34. The number of aliphatic carboxylic acids is 1. The highest BCUT2D eigenvalue weighted by Crippen LogP contribution is 2.35. The fourth-order valence-electron chi connectivity index (χ4n) is 2.54. The van der Waals surface area contributed by atoms with Crippen LogP contribution >= 0.6 is 23.2 Å². The van der Waals surface area contributed by atoms with Crippen molar-refractivity contribution in [1.82, 2.24) is 14.6 Å². The molecule has 2 aromatic heterocycles. The fraction of sp³-hybridized carbons (Fsp3) is 0.188. The monoisotopic (exact) mass is 364 g/mol. The maximum atomic E-state index is 10.8. The highest BCUT2D eigenvalue weighted by Gasteiger charge is 2.18. The first-order valence-corrected chi connectivity index (χ1v) is 7.90. The van der Waals surface area contributed by atoms with Gasteiger partial charge in [0.05, 0.1) is 16.3 Å². The molecular formula is C16H14Cl2N4O2. The van der Waals surface area contributed by atoms with Gasteiger partial charge in [0.15, 0.2) is 5.65 Å². The minimum absolute atomic E-state index is 0.214. The number of benzene rings is 1. The van der Waals surface area contributed by atoms with Crippen LogP contribution in [0.2, 0.25) is 10.0 Å². The van der Waals surface area contributed by atoms with Gasteiger partial charge in [-0.25, -0.2) is 4.98 Å². The van der Waals surface area contributed by atoms with Gasteiger partial charge in [-0.2, -0.15) is 9.61 Å². The van der Waals surface area contributed by atoms with Crippen molar-refractivity contribution in [2.75, 3.05) is 11.9 Å². The molecule has 0 saturated heterocycles. The zero-order valence-corrected chi connectivity index (χ0v) is 14.5. The summed E-state index contributed by atoms with van der Waals surface area (Å²) >= 11 is 12.3. The molecule has 3 aromatic rings. The molecule has 3 rings (SSSR count). The third-order valence-electron chi connectivity index (χ3n) is 3.51. The number of aryl methyl sites for hydroxylation is 2. The van der Waals surface area contributed by atoms with Gasteiger partial charge in [-0.1, -0.05) is 29.3 Å². The average molecular weight is 365 g/mol. The van der Waals surface area contributed by atoms with Gasteiger partial charge < -0.3 is 10.4 Å². The van der Waals surface area contributed by atoms with Crippen LogP contribution in [-0.2, 0) is 4.79 Å². The van der Waals surface area contributed by atoms with Gasteiger partial charge in [-0.05, 0) is 26.0 Å². The summed E-state index contributed by atoms with van der Waals surface area (Å²) in [6.45, 7) is 3.47. The van der Waals surface area contributed by atoms with Crippen LogP contribution in [-0.4, -0.2) is 32.2 Å². The van der Waals surface area contributed by atoms with Crippen molar-refractivity contribution in [2.24, 2.45) is 0 Å². The molecule has 2 N–H and O–H groups in total. The molecule has 0 radical (unpaired) electrons. The predicted octanol–water partition coefficient (Wildman–Crippen LogP) is 3.82. The molecule has 0 saturated carbocycles. The Morgan fingerprint density at radius 2 is 2.04 bits per heavy atom. The summed E-state index contributed by atoms with van der Waals surface area (Å²) in [6.07, 6.45) is 0. The quantitative estimate of drug-likeness (QED) is 0.735. The summed E-state index contributed by atoms with van der Waals surface area (Å²) < 4.78 is 1.59. The first kappa shape index (κ1) is 16.5. The highest BCUT2D eigenvalue weighted by atomic mass is 35.5. The summed E-state index contributed by atoms with van der Waals surface area (Å²) in [7, 11) is 0. The van der Waals surface area contributed by atoms with Crippen molar-refractivity contribution in [3.63, 3.8) is 0 Å². The summed E-state index contributed by atoms with van der Waals surface area (Å²) in [4.78, 5) is 15.4. The number of nitrogens with zero attached hydrogens (tertiary/aromatic N) is 3. The van der Waals surface area contributed by atoms with E-state index in [2.05, 4.69) is 15.4 Å². The molecule has 0 aliphatic carbocycles. The zero-order chi connectivity index (χ0) is 17.4. The minimum Gasteiger partial charge on any atom is -0.480 e. The van der Waals surface area contributed by atoms with Gasteiger partial charge in [0.1, 0.15) is 12.4 Å². The van der Waals surface area contributed by atoms with Crippen molar-refractivity contribution >= 4 is 40.6 Å². The average Bonchev–Trinajstić information content (AvgIpc) is 2.81. The van der Waals surface area contributed by atoms with E-state index in [0.29, 0.717) is 21.5 Å². The fourth-order valence-corrected chi connectivity index (χ4v) is 3.05. The third kappa shape index (κ3) is 3.02. The number of anilines is 1. The molecule has 0 aliphatic rings. The van der Waals surface area contributed by atoms with Crippen LogP contribution in [0, 0.1) is 13.8 Å². The Balaban J connectivity index is 2.22. The Hall–Kier alpha value is -2.31. The molecule has 0 atom stereocenters. The molecule has 2 heterocycles. The van der Waals surface area contributed by atoms with E-state index in [1.54, 1.807) is 22.7 Å². The van der Waals surface area contributed by atoms with Crippen LogP contribution in [0.1, 0.15) is 11.4 Å². The van der Waals surface area contributed by atoms with Gasteiger partial charge >= 0.3 is 5.97 Å². The van der Waals surface area contributed by atoms with Crippen LogP contribution in [0.3, 0.4) is 0 Å². The number of carboxylic acid groups (broad SMARTS) is 1. The number of carbonyl (C=O) groups is 1. The number of hydrogen-bond acceptors (Lipinski definition) is 4. The highest BCUT2D eigenvalue weighted by molar-refractivity contribution is 6.36. The van der Waals surface area contributed by atoms with E-state index in [4.69, 9.17) is 28.3 Å². The standard InChI is InChI=1S/C16H14Cl2N4O2/c1-8-5-13(19-7-14(23)24)22-16(20-8)15(9(2)21-22)11-4-3-10(17)6-12(11)18/h3-6,19H,7H2,1-2H3,(H,23,24). The normalized spacial score (nSPS) is 11.0. The van der Waals surface area contributed by atoms with Crippen molar-refractivity contribution in [3.05, 3.63) is 45.7 Å². The summed E-state index contributed by atoms with van der Waals surface area (Å²) in [5.41, 5.74) is 3.64. The smallest absolute Gasteiger partial charge is 0.322 e. The van der Waals surface area contributed by atoms with Crippen molar-refractivity contribution in [1.29, 1.82) is 0 Å². The van der Waals surface area contributed by atoms with E-state index in [0.717, 1.165) is 22.5 Å². The molecule has 0 spiro atoms. The summed E-state index contributed by atoms with van der Waals surface area (Å²) in [5, 5.41) is 17.3. The van der Waals surface area contributed by atoms with Crippen LogP contribution in [0.25, 0.3) is 16.8 Å². The number of fused-ring (bicyclic) bond motifs is 1. The lowest BCUT2D eigenvalue weighted by Gasteiger charge is -2.08. The van der Waals surface area contributed by atoms with E-state index in [9.17, 15) is 4.79 Å². The summed E-state index contributed by atoms with van der Waals surface area (Å²) in [5.74, 6) is -0.401. The second-order valence-corrected chi connectivity index (χ2v) is 6.19. The van der Waals surface area contributed by atoms with Crippen LogP contribution in [0.5, 0.6) is 0 Å². The minimum atomic E-state index is -0.956. The number of aromatic nitrogens is 3. The SMILES string of the molecule is Cc1cc(NCC(=O)O)n2nc(C)c(-c3ccc(Cl)cc3Cl)c2n1. The maximum Gasteiger partial charge on any atom is 0.322 e. The lowest BCUT2D eigenvalue weighted by molar-refractivity contribution is -0.134. The number of halogens is 2. The van der Waals surface area contributed by atoms with E-state index >= 15 is 0 Å². The first-order valence-electron chi connectivity index (χ1n) is 7.15. The van der Waals surface area contributed by atoms with E-state index in [1.807, 2.05) is 19.9 Å².